The topological polar surface area (TPSA) is 63.2 Å². The quantitative estimate of drug-likeness (QED) is 0.506. The van der Waals surface area contributed by atoms with Crippen LogP contribution in [-0.4, -0.2) is 44.3 Å². The summed E-state index contributed by atoms with van der Waals surface area (Å²) >= 11 is 0. The lowest BCUT2D eigenvalue weighted by molar-refractivity contribution is -0.165. The second-order valence-electron chi connectivity index (χ2n) is 8.25. The van der Waals surface area contributed by atoms with Crippen LogP contribution in [0.5, 0.6) is 5.75 Å². The molecule has 1 fully saturated rings. The summed E-state index contributed by atoms with van der Waals surface area (Å²) in [5, 5.41) is 0. The van der Waals surface area contributed by atoms with Crippen LogP contribution in [0.1, 0.15) is 46.6 Å². The monoisotopic (exact) mass is 380 g/mol. The third kappa shape index (κ3) is 6.79. The molecule has 0 aromatic heterocycles. The van der Waals surface area contributed by atoms with Gasteiger partial charge in [0.1, 0.15) is 18.5 Å². The summed E-state index contributed by atoms with van der Waals surface area (Å²) in [5.41, 5.74) is 0.543. The molecule has 0 unspecified atom stereocenters. The fourth-order valence-corrected chi connectivity index (χ4v) is 2.78. The lowest BCUT2D eigenvalue weighted by Crippen LogP contribution is -2.33. The highest BCUT2D eigenvalue weighted by atomic mass is 16.8. The van der Waals surface area contributed by atoms with Crippen molar-refractivity contribution in [2.24, 2.45) is 5.41 Å². The van der Waals surface area contributed by atoms with Crippen LogP contribution < -0.4 is 4.74 Å². The average Bonchev–Trinajstić information content (AvgIpc) is 2.90. The molecule has 0 radical (unpaired) electrons. The van der Waals surface area contributed by atoms with Crippen molar-refractivity contribution in [3.63, 3.8) is 0 Å². The molecule has 6 nitrogen and oxygen atoms in total. The van der Waals surface area contributed by atoms with Crippen molar-refractivity contribution >= 4 is 5.97 Å². The largest absolute Gasteiger partial charge is 0.497 e. The van der Waals surface area contributed by atoms with Crippen molar-refractivity contribution in [2.45, 2.75) is 65.6 Å². The van der Waals surface area contributed by atoms with Gasteiger partial charge >= 0.3 is 5.97 Å². The molecular weight excluding hydrogens is 348 g/mol. The maximum absolute atomic E-state index is 12.0. The zero-order valence-corrected chi connectivity index (χ0v) is 17.2. The van der Waals surface area contributed by atoms with Crippen molar-refractivity contribution in [3.05, 3.63) is 29.8 Å². The van der Waals surface area contributed by atoms with Gasteiger partial charge in [-0.05, 0) is 58.7 Å². The summed E-state index contributed by atoms with van der Waals surface area (Å²) in [6.45, 7) is 10.4. The van der Waals surface area contributed by atoms with Gasteiger partial charge in [-0.3, -0.25) is 4.79 Å². The summed E-state index contributed by atoms with van der Waals surface area (Å²) in [6.07, 6.45) is 0.191. The molecule has 0 spiro atoms. The zero-order chi connectivity index (χ0) is 20.1. The van der Waals surface area contributed by atoms with Gasteiger partial charge in [0, 0.05) is 6.61 Å². The number of rotatable bonds is 8. The molecule has 1 heterocycles. The number of hydrogen-bond acceptors (Lipinski definition) is 6. The maximum atomic E-state index is 12.0. The van der Waals surface area contributed by atoms with Crippen molar-refractivity contribution in [2.75, 3.05) is 20.3 Å². The summed E-state index contributed by atoms with van der Waals surface area (Å²) in [6, 6.07) is 7.78. The molecule has 2 atom stereocenters. The average molecular weight is 380 g/mol. The predicted octanol–water partition coefficient (Wildman–Crippen LogP) is 3.71. The smallest absolute Gasteiger partial charge is 0.311 e. The van der Waals surface area contributed by atoms with Crippen molar-refractivity contribution in [1.82, 2.24) is 0 Å². The number of benzene rings is 1. The minimum Gasteiger partial charge on any atom is -0.497 e. The van der Waals surface area contributed by atoms with Gasteiger partial charge < -0.3 is 23.7 Å². The molecule has 1 aliphatic heterocycles. The molecule has 0 bridgehead atoms. The van der Waals surface area contributed by atoms with E-state index in [1.165, 1.54) is 0 Å². The molecule has 0 amide bonds. The first-order valence-electron chi connectivity index (χ1n) is 9.34. The van der Waals surface area contributed by atoms with E-state index in [4.69, 9.17) is 23.7 Å². The standard InChI is InChI=1S/C21H32O6/c1-20(2,3)19(22)25-14-18-17(26-21(4,5)27-18)11-12-24-13-15-7-9-16(23-6)10-8-15/h7-10,17-18H,11-14H2,1-6H3/t17-,18+/m0/s1. The lowest BCUT2D eigenvalue weighted by Gasteiger charge is -2.21. The molecule has 1 aliphatic rings. The van der Waals surface area contributed by atoms with Gasteiger partial charge in [0.25, 0.3) is 0 Å². The second-order valence-corrected chi connectivity index (χ2v) is 8.25. The number of carbonyl (C=O) groups is 1. The highest BCUT2D eigenvalue weighted by Crippen LogP contribution is 2.30. The first-order chi connectivity index (χ1) is 12.6. The van der Waals surface area contributed by atoms with Crippen molar-refractivity contribution in [1.29, 1.82) is 0 Å². The van der Waals surface area contributed by atoms with Crippen LogP contribution in [0, 0.1) is 5.41 Å². The molecule has 0 N–H and O–H groups in total. The van der Waals surface area contributed by atoms with Gasteiger partial charge in [-0.1, -0.05) is 12.1 Å². The van der Waals surface area contributed by atoms with Crippen LogP contribution in [0.4, 0.5) is 0 Å². The minimum absolute atomic E-state index is 0.177. The highest BCUT2D eigenvalue weighted by molar-refractivity contribution is 5.75. The molecule has 27 heavy (non-hydrogen) atoms. The molecule has 0 saturated carbocycles. The molecular formula is C21H32O6. The van der Waals surface area contributed by atoms with Crippen LogP contribution >= 0.6 is 0 Å². The van der Waals surface area contributed by atoms with E-state index in [2.05, 4.69) is 0 Å². The Bertz CT molecular complexity index is 602. The normalized spacial score (nSPS) is 21.9. The molecule has 2 rings (SSSR count). The van der Waals surface area contributed by atoms with Crippen molar-refractivity contribution in [3.8, 4) is 5.75 Å². The van der Waals surface area contributed by atoms with E-state index >= 15 is 0 Å². The molecule has 6 heteroatoms. The molecule has 152 valence electrons. The van der Waals surface area contributed by atoms with Gasteiger partial charge in [-0.15, -0.1) is 0 Å². The Morgan fingerprint density at radius 2 is 1.74 bits per heavy atom. The third-order valence-electron chi connectivity index (χ3n) is 4.25. The van der Waals surface area contributed by atoms with Crippen LogP contribution in [0.25, 0.3) is 0 Å². The third-order valence-corrected chi connectivity index (χ3v) is 4.25. The fraction of sp³-hybridized carbons (Fsp3) is 0.667. The minimum atomic E-state index is -0.695. The number of hydrogen-bond donors (Lipinski definition) is 0. The number of ether oxygens (including phenoxy) is 5. The number of esters is 1. The Labute approximate surface area is 162 Å². The summed E-state index contributed by atoms with van der Waals surface area (Å²) in [4.78, 5) is 12.0. The summed E-state index contributed by atoms with van der Waals surface area (Å²) in [7, 11) is 1.64. The summed E-state index contributed by atoms with van der Waals surface area (Å²) in [5.74, 6) is -0.116. The van der Waals surface area contributed by atoms with Crippen LogP contribution in [0.2, 0.25) is 0 Å². The Morgan fingerprint density at radius 3 is 2.33 bits per heavy atom. The Hall–Kier alpha value is -1.63. The van der Waals surface area contributed by atoms with E-state index in [-0.39, 0.29) is 24.8 Å². The second kappa shape index (κ2) is 9.04. The van der Waals surface area contributed by atoms with E-state index in [0.29, 0.717) is 19.6 Å². The van der Waals surface area contributed by atoms with Gasteiger partial charge in [0.2, 0.25) is 0 Å². The van der Waals surface area contributed by atoms with Gasteiger partial charge in [0.15, 0.2) is 5.79 Å². The first-order valence-corrected chi connectivity index (χ1v) is 9.34. The fourth-order valence-electron chi connectivity index (χ4n) is 2.78. The van der Waals surface area contributed by atoms with Gasteiger partial charge in [0.05, 0.1) is 25.2 Å². The van der Waals surface area contributed by atoms with E-state index < -0.39 is 11.2 Å². The van der Waals surface area contributed by atoms with E-state index in [9.17, 15) is 4.79 Å². The Balaban J connectivity index is 1.78. The van der Waals surface area contributed by atoms with Crippen LogP contribution in [0.3, 0.4) is 0 Å². The first kappa shape index (κ1) is 21.7. The van der Waals surface area contributed by atoms with E-state index in [1.807, 2.05) is 58.9 Å². The van der Waals surface area contributed by atoms with E-state index in [1.54, 1.807) is 7.11 Å². The number of methoxy groups -OCH3 is 1. The van der Waals surface area contributed by atoms with E-state index in [0.717, 1.165) is 11.3 Å². The highest BCUT2D eigenvalue weighted by Gasteiger charge is 2.42. The molecule has 1 aromatic carbocycles. The SMILES string of the molecule is COc1ccc(COCC[C@@H]2OC(C)(C)O[C@@H]2COC(=O)C(C)(C)C)cc1. The number of carbonyl (C=O) groups excluding carboxylic acids is 1. The molecule has 1 aromatic rings. The predicted molar refractivity (Wildman–Crippen MR) is 102 cm³/mol. The lowest BCUT2D eigenvalue weighted by atomic mass is 9.97. The summed E-state index contributed by atoms with van der Waals surface area (Å²) < 4.78 is 28.2. The van der Waals surface area contributed by atoms with Crippen LogP contribution in [0.15, 0.2) is 24.3 Å². The van der Waals surface area contributed by atoms with Crippen LogP contribution in [-0.2, 0) is 30.3 Å². The molecule has 1 saturated heterocycles. The van der Waals surface area contributed by atoms with Crippen molar-refractivity contribution < 1.29 is 28.5 Å². The Kier molecular flexibility index (Phi) is 7.25. The molecule has 0 aliphatic carbocycles. The van der Waals surface area contributed by atoms with Gasteiger partial charge in [-0.25, -0.2) is 0 Å². The van der Waals surface area contributed by atoms with Gasteiger partial charge in [-0.2, -0.15) is 0 Å². The Morgan fingerprint density at radius 1 is 1.11 bits per heavy atom. The maximum Gasteiger partial charge on any atom is 0.311 e. The zero-order valence-electron chi connectivity index (χ0n) is 17.2.